The highest BCUT2D eigenvalue weighted by Gasteiger charge is 2.29. The number of benzene rings is 2. The van der Waals surface area contributed by atoms with Crippen molar-refractivity contribution in [1.29, 1.82) is 0 Å². The fourth-order valence-electron chi connectivity index (χ4n) is 3.47. The van der Waals surface area contributed by atoms with Crippen LogP contribution in [0.1, 0.15) is 36.5 Å². The number of amides is 1. The van der Waals surface area contributed by atoms with Crippen molar-refractivity contribution in [2.24, 2.45) is 0 Å². The predicted octanol–water partition coefficient (Wildman–Crippen LogP) is 3.76. The molecule has 32 heavy (non-hydrogen) atoms. The highest BCUT2D eigenvalue weighted by atomic mass is 35.5. The van der Waals surface area contributed by atoms with Gasteiger partial charge in [-0.3, -0.25) is 9.00 Å². The third kappa shape index (κ3) is 6.32. The van der Waals surface area contributed by atoms with E-state index in [1.54, 1.807) is 19.1 Å². The van der Waals surface area contributed by atoms with E-state index in [-0.39, 0.29) is 12.6 Å². The van der Waals surface area contributed by atoms with Gasteiger partial charge in [-0.05, 0) is 68.7 Å². The number of nitrogens with one attached hydrogen (secondary N) is 3. The zero-order chi connectivity index (χ0) is 23.1. The summed E-state index contributed by atoms with van der Waals surface area (Å²) in [5.74, 6) is -0.880. The minimum atomic E-state index is -2.45. The molecule has 3 rings (SSSR count). The third-order valence-electron chi connectivity index (χ3n) is 4.88. The van der Waals surface area contributed by atoms with Crippen molar-refractivity contribution in [2.45, 2.75) is 32.2 Å². The molecule has 0 radical (unpaired) electrons. The van der Waals surface area contributed by atoms with Crippen LogP contribution in [0.4, 0.5) is 11.4 Å². The van der Waals surface area contributed by atoms with Gasteiger partial charge in [-0.1, -0.05) is 17.7 Å². The number of carbonyl (C=O) groups is 2. The lowest BCUT2D eigenvalue weighted by molar-refractivity contribution is -0.138. The van der Waals surface area contributed by atoms with Crippen LogP contribution in [0.3, 0.4) is 0 Å². The van der Waals surface area contributed by atoms with Gasteiger partial charge in [-0.2, -0.15) is 0 Å². The van der Waals surface area contributed by atoms with Gasteiger partial charge < -0.3 is 24.6 Å². The monoisotopic (exact) mass is 476 g/mol. The second-order valence-corrected chi connectivity index (χ2v) is 8.19. The maximum absolute atomic E-state index is 12.9. The fraction of sp³-hybridized carbons (Fsp3) is 0.273. The highest BCUT2D eigenvalue weighted by Crippen LogP contribution is 2.28. The first-order chi connectivity index (χ1) is 15.4. The molecule has 0 aliphatic heterocycles. The molecule has 2 unspecified atom stereocenters. The summed E-state index contributed by atoms with van der Waals surface area (Å²) in [6.07, 6.45) is 1.93. The van der Waals surface area contributed by atoms with Gasteiger partial charge in [-0.15, -0.1) is 0 Å². The number of rotatable bonds is 8. The summed E-state index contributed by atoms with van der Waals surface area (Å²) in [5.41, 5.74) is 2.29. The summed E-state index contributed by atoms with van der Waals surface area (Å²) in [6, 6.07) is 12.8. The summed E-state index contributed by atoms with van der Waals surface area (Å²) < 4.78 is 28.9. The van der Waals surface area contributed by atoms with E-state index in [4.69, 9.17) is 16.3 Å². The minimum Gasteiger partial charge on any atom is -0.755 e. The molecule has 0 saturated heterocycles. The zero-order valence-electron chi connectivity index (χ0n) is 17.4. The Morgan fingerprint density at radius 2 is 1.94 bits per heavy atom. The molecule has 8 nitrogen and oxygen atoms in total. The lowest BCUT2D eigenvalue weighted by atomic mass is 9.91. The topological polar surface area (TPSA) is 120 Å². The van der Waals surface area contributed by atoms with Crippen LogP contribution in [0.5, 0.6) is 0 Å². The Balaban J connectivity index is 1.87. The molecule has 1 aliphatic rings. The van der Waals surface area contributed by atoms with Gasteiger partial charge in [0.1, 0.15) is 0 Å². The van der Waals surface area contributed by atoms with Crippen molar-refractivity contribution in [3.05, 3.63) is 70.4 Å². The van der Waals surface area contributed by atoms with E-state index in [2.05, 4.69) is 15.4 Å². The van der Waals surface area contributed by atoms with Crippen molar-refractivity contribution in [2.75, 3.05) is 16.6 Å². The standard InChI is InChI=1S/C22H24ClN3O5S/c1-2-31-22(28)18-7-4-8-19(24-17-6-3-5-15(23)13-17)20(18)25-21(27)14-9-11-16(12-10-14)26-32(29)30/h3,5-6,9-13,19,24,26H,2,4,7-8H2,1H3,(H,25,27)(H,29,30)/p-1. The first-order valence-electron chi connectivity index (χ1n) is 10.1. The third-order valence-corrected chi connectivity index (χ3v) is 5.51. The molecule has 0 heterocycles. The van der Waals surface area contributed by atoms with E-state index in [1.807, 2.05) is 12.1 Å². The van der Waals surface area contributed by atoms with Gasteiger partial charge in [-0.25, -0.2) is 4.79 Å². The van der Waals surface area contributed by atoms with E-state index in [0.717, 1.165) is 12.1 Å². The van der Waals surface area contributed by atoms with Crippen molar-refractivity contribution in [3.8, 4) is 0 Å². The number of halogens is 1. The number of anilines is 2. The Labute approximate surface area is 193 Å². The van der Waals surface area contributed by atoms with Gasteiger partial charge in [0, 0.05) is 33.2 Å². The Hall–Kier alpha value is -2.88. The first-order valence-corrected chi connectivity index (χ1v) is 11.5. The summed E-state index contributed by atoms with van der Waals surface area (Å²) >= 11 is 3.63. The van der Waals surface area contributed by atoms with Gasteiger partial charge in [0.25, 0.3) is 5.91 Å². The number of hydrogen-bond acceptors (Lipinski definition) is 6. The Morgan fingerprint density at radius 1 is 1.19 bits per heavy atom. The molecule has 0 spiro atoms. The lowest BCUT2D eigenvalue weighted by Gasteiger charge is -2.30. The lowest BCUT2D eigenvalue weighted by Crippen LogP contribution is -2.39. The molecule has 0 aromatic heterocycles. The summed E-state index contributed by atoms with van der Waals surface area (Å²) in [5, 5.41) is 6.78. The van der Waals surface area contributed by atoms with Gasteiger partial charge in [0.15, 0.2) is 0 Å². The summed E-state index contributed by atoms with van der Waals surface area (Å²) in [6.45, 7) is 1.96. The van der Waals surface area contributed by atoms with Crippen LogP contribution in [0.15, 0.2) is 59.8 Å². The molecule has 0 bridgehead atoms. The van der Waals surface area contributed by atoms with Crippen LogP contribution < -0.4 is 15.4 Å². The van der Waals surface area contributed by atoms with Crippen LogP contribution in [-0.2, 0) is 20.8 Å². The van der Waals surface area contributed by atoms with Crippen molar-refractivity contribution < 1.29 is 23.1 Å². The van der Waals surface area contributed by atoms with Gasteiger partial charge in [0.05, 0.1) is 23.9 Å². The molecule has 3 N–H and O–H groups in total. The fourth-order valence-corrected chi connectivity index (χ4v) is 3.99. The van der Waals surface area contributed by atoms with Crippen LogP contribution in [0.2, 0.25) is 5.02 Å². The summed E-state index contributed by atoms with van der Waals surface area (Å²) in [4.78, 5) is 25.5. The van der Waals surface area contributed by atoms with Crippen LogP contribution in [0.25, 0.3) is 0 Å². The van der Waals surface area contributed by atoms with Crippen molar-refractivity contribution in [3.63, 3.8) is 0 Å². The average Bonchev–Trinajstić information content (AvgIpc) is 2.75. The first kappa shape index (κ1) is 23.8. The Kier molecular flexibility index (Phi) is 8.26. The molecule has 1 amide bonds. The SMILES string of the molecule is CCOC(=O)C1=C(NC(=O)c2ccc(NS(=O)[O-])cc2)C(Nc2cccc(Cl)c2)CCC1. The highest BCUT2D eigenvalue weighted by molar-refractivity contribution is 7.80. The van der Waals surface area contributed by atoms with Crippen LogP contribution >= 0.6 is 11.6 Å². The smallest absolute Gasteiger partial charge is 0.335 e. The molecular weight excluding hydrogens is 454 g/mol. The molecule has 0 saturated carbocycles. The molecule has 2 aromatic carbocycles. The molecule has 2 aromatic rings. The van der Waals surface area contributed by atoms with E-state index < -0.39 is 23.1 Å². The van der Waals surface area contributed by atoms with E-state index >= 15 is 0 Å². The molecule has 0 fully saturated rings. The maximum atomic E-state index is 12.9. The molecular formula is C22H23ClN3O5S-. The largest absolute Gasteiger partial charge is 0.755 e. The van der Waals surface area contributed by atoms with Gasteiger partial charge >= 0.3 is 5.97 Å². The van der Waals surface area contributed by atoms with Crippen molar-refractivity contribution >= 4 is 46.1 Å². The quantitative estimate of drug-likeness (QED) is 0.394. The minimum absolute atomic E-state index is 0.228. The number of esters is 1. The number of hydrogen-bond donors (Lipinski definition) is 3. The maximum Gasteiger partial charge on any atom is 0.335 e. The van der Waals surface area contributed by atoms with Crippen LogP contribution in [0, 0.1) is 0 Å². The van der Waals surface area contributed by atoms with Gasteiger partial charge in [0.2, 0.25) is 0 Å². The average molecular weight is 477 g/mol. The normalized spacial score (nSPS) is 16.8. The number of carbonyl (C=O) groups excluding carboxylic acids is 2. The number of ether oxygens (including phenoxy) is 1. The van der Waals surface area contributed by atoms with E-state index in [1.165, 1.54) is 24.3 Å². The molecule has 2 atom stereocenters. The zero-order valence-corrected chi connectivity index (χ0v) is 18.9. The van der Waals surface area contributed by atoms with E-state index in [0.29, 0.717) is 40.4 Å². The predicted molar refractivity (Wildman–Crippen MR) is 123 cm³/mol. The van der Waals surface area contributed by atoms with Crippen molar-refractivity contribution in [1.82, 2.24) is 5.32 Å². The molecule has 1 aliphatic carbocycles. The molecule has 170 valence electrons. The molecule has 10 heteroatoms. The Morgan fingerprint density at radius 3 is 2.59 bits per heavy atom. The van der Waals surface area contributed by atoms with E-state index in [9.17, 15) is 18.4 Å². The second kappa shape index (κ2) is 11.1. The Bertz CT molecular complexity index is 1040. The van der Waals surface area contributed by atoms with Crippen LogP contribution in [-0.4, -0.2) is 33.3 Å². The summed E-state index contributed by atoms with van der Waals surface area (Å²) in [7, 11) is 0. The second-order valence-electron chi connectivity index (χ2n) is 7.08.